The van der Waals surface area contributed by atoms with Gasteiger partial charge in [0, 0.05) is 12.2 Å². The molecule has 0 saturated carbocycles. The first kappa shape index (κ1) is 13.0. The molecule has 0 aliphatic carbocycles. The summed E-state index contributed by atoms with van der Waals surface area (Å²) in [6.07, 6.45) is 0. The molecule has 0 spiro atoms. The summed E-state index contributed by atoms with van der Waals surface area (Å²) in [6.45, 7) is 4.01. The Hall–Kier alpha value is -2.04. The lowest BCUT2D eigenvalue weighted by molar-refractivity contribution is -0.122. The van der Waals surface area contributed by atoms with Crippen molar-refractivity contribution in [3.8, 4) is 0 Å². The van der Waals surface area contributed by atoms with E-state index in [1.807, 2.05) is 25.1 Å². The second-order valence-electron chi connectivity index (χ2n) is 3.58. The van der Waals surface area contributed by atoms with Crippen LogP contribution in [-0.4, -0.2) is 24.5 Å². The third-order valence-electron chi connectivity index (χ3n) is 2.12. The molecule has 0 radical (unpaired) electrons. The van der Waals surface area contributed by atoms with Crippen molar-refractivity contribution in [3.05, 3.63) is 30.3 Å². The first-order chi connectivity index (χ1) is 8.13. The predicted octanol–water partition coefficient (Wildman–Crippen LogP) is 1.33. The van der Waals surface area contributed by atoms with Crippen LogP contribution in [0.4, 0.5) is 10.5 Å². The second-order valence-corrected chi connectivity index (χ2v) is 3.58. The maximum absolute atomic E-state index is 11.5. The van der Waals surface area contributed by atoms with Gasteiger partial charge >= 0.3 is 6.03 Å². The van der Waals surface area contributed by atoms with Crippen LogP contribution >= 0.6 is 0 Å². The molecule has 0 heterocycles. The van der Waals surface area contributed by atoms with Gasteiger partial charge < -0.3 is 16.0 Å². The second kappa shape index (κ2) is 6.52. The zero-order chi connectivity index (χ0) is 12.7. The number of carbonyl (C=O) groups is 2. The number of hydrogen-bond acceptors (Lipinski definition) is 2. The normalized spacial score (nSPS) is 11.4. The van der Waals surface area contributed by atoms with E-state index in [-0.39, 0.29) is 5.91 Å². The van der Waals surface area contributed by atoms with Crippen LogP contribution in [0.1, 0.15) is 13.8 Å². The highest BCUT2D eigenvalue weighted by molar-refractivity contribution is 5.93. The SMILES string of the molecule is CCNC(=O)[C@H](C)NC(=O)Nc1ccccc1. The number of anilines is 1. The molecule has 0 fully saturated rings. The average Bonchev–Trinajstić information content (AvgIpc) is 2.30. The number of likely N-dealkylation sites (N-methyl/N-ethyl adjacent to an activating group) is 1. The number of rotatable bonds is 4. The van der Waals surface area contributed by atoms with Crippen LogP contribution < -0.4 is 16.0 Å². The van der Waals surface area contributed by atoms with Gasteiger partial charge in [-0.05, 0) is 26.0 Å². The molecule has 1 atom stereocenters. The summed E-state index contributed by atoms with van der Waals surface area (Å²) < 4.78 is 0. The lowest BCUT2D eigenvalue weighted by Gasteiger charge is -2.13. The van der Waals surface area contributed by atoms with Crippen LogP contribution in [0.5, 0.6) is 0 Å². The van der Waals surface area contributed by atoms with Crippen molar-refractivity contribution < 1.29 is 9.59 Å². The topological polar surface area (TPSA) is 70.2 Å². The van der Waals surface area contributed by atoms with Crippen LogP contribution in [0.3, 0.4) is 0 Å². The van der Waals surface area contributed by atoms with Crippen molar-refractivity contribution in [1.29, 1.82) is 0 Å². The van der Waals surface area contributed by atoms with Gasteiger partial charge in [-0.15, -0.1) is 0 Å². The molecule has 5 nitrogen and oxygen atoms in total. The highest BCUT2D eigenvalue weighted by Crippen LogP contribution is 2.04. The maximum atomic E-state index is 11.5. The van der Waals surface area contributed by atoms with Gasteiger partial charge in [-0.3, -0.25) is 4.79 Å². The van der Waals surface area contributed by atoms with Crippen molar-refractivity contribution in [2.24, 2.45) is 0 Å². The van der Waals surface area contributed by atoms with Crippen molar-refractivity contribution in [3.63, 3.8) is 0 Å². The Morgan fingerprint density at radius 2 is 1.88 bits per heavy atom. The Labute approximate surface area is 101 Å². The molecule has 1 aromatic rings. The minimum Gasteiger partial charge on any atom is -0.355 e. The first-order valence-electron chi connectivity index (χ1n) is 5.53. The van der Waals surface area contributed by atoms with E-state index in [1.54, 1.807) is 19.1 Å². The molecule has 0 aliphatic heterocycles. The van der Waals surface area contributed by atoms with Crippen LogP contribution in [0, 0.1) is 0 Å². The Morgan fingerprint density at radius 1 is 1.24 bits per heavy atom. The lowest BCUT2D eigenvalue weighted by atomic mass is 10.3. The fourth-order valence-electron chi connectivity index (χ4n) is 1.28. The highest BCUT2D eigenvalue weighted by Gasteiger charge is 2.14. The zero-order valence-corrected chi connectivity index (χ0v) is 9.99. The van der Waals surface area contributed by atoms with E-state index in [9.17, 15) is 9.59 Å². The molecule has 0 saturated heterocycles. The van der Waals surface area contributed by atoms with Crippen molar-refractivity contribution in [1.82, 2.24) is 10.6 Å². The molecule has 5 heteroatoms. The molecule has 0 aliphatic rings. The van der Waals surface area contributed by atoms with Crippen molar-refractivity contribution in [2.75, 3.05) is 11.9 Å². The van der Waals surface area contributed by atoms with E-state index in [2.05, 4.69) is 16.0 Å². The fourth-order valence-corrected chi connectivity index (χ4v) is 1.28. The minimum atomic E-state index is -0.557. The molecule has 0 bridgehead atoms. The van der Waals surface area contributed by atoms with E-state index in [0.717, 1.165) is 0 Å². The molecule has 1 aromatic carbocycles. The number of carbonyl (C=O) groups excluding carboxylic acids is 2. The Bertz CT molecular complexity index is 379. The molecule has 0 unspecified atom stereocenters. The molecular formula is C12H17N3O2. The largest absolute Gasteiger partial charge is 0.355 e. The third kappa shape index (κ3) is 4.55. The van der Waals surface area contributed by atoms with Crippen LogP contribution in [0.15, 0.2) is 30.3 Å². The van der Waals surface area contributed by atoms with Gasteiger partial charge in [0.25, 0.3) is 0 Å². The Morgan fingerprint density at radius 3 is 2.47 bits per heavy atom. The quantitative estimate of drug-likeness (QED) is 0.737. The molecular weight excluding hydrogens is 218 g/mol. The molecule has 92 valence electrons. The van der Waals surface area contributed by atoms with Crippen LogP contribution in [-0.2, 0) is 4.79 Å². The van der Waals surface area contributed by atoms with Gasteiger partial charge in [0.1, 0.15) is 6.04 Å². The predicted molar refractivity (Wildman–Crippen MR) is 66.7 cm³/mol. The zero-order valence-electron chi connectivity index (χ0n) is 9.99. The summed E-state index contributed by atoms with van der Waals surface area (Å²) in [4.78, 5) is 22.9. The number of benzene rings is 1. The molecule has 17 heavy (non-hydrogen) atoms. The summed E-state index contributed by atoms with van der Waals surface area (Å²) >= 11 is 0. The van der Waals surface area contributed by atoms with Gasteiger partial charge in [-0.2, -0.15) is 0 Å². The van der Waals surface area contributed by atoms with Gasteiger partial charge in [0.2, 0.25) is 5.91 Å². The molecule has 3 amide bonds. The van der Waals surface area contributed by atoms with E-state index >= 15 is 0 Å². The minimum absolute atomic E-state index is 0.198. The van der Waals surface area contributed by atoms with Crippen LogP contribution in [0.25, 0.3) is 0 Å². The Kier molecular flexibility index (Phi) is 5.00. The summed E-state index contributed by atoms with van der Waals surface area (Å²) in [7, 11) is 0. The number of para-hydroxylation sites is 1. The van der Waals surface area contributed by atoms with E-state index in [1.165, 1.54) is 0 Å². The first-order valence-corrected chi connectivity index (χ1v) is 5.53. The lowest BCUT2D eigenvalue weighted by Crippen LogP contribution is -2.46. The van der Waals surface area contributed by atoms with Gasteiger partial charge in [-0.25, -0.2) is 4.79 Å². The molecule has 3 N–H and O–H groups in total. The standard InChI is InChI=1S/C12H17N3O2/c1-3-13-11(16)9(2)14-12(17)15-10-7-5-4-6-8-10/h4-9H,3H2,1-2H3,(H,13,16)(H2,14,15,17)/t9-/m0/s1. The average molecular weight is 235 g/mol. The highest BCUT2D eigenvalue weighted by atomic mass is 16.2. The number of nitrogens with one attached hydrogen (secondary N) is 3. The van der Waals surface area contributed by atoms with Crippen LogP contribution in [0.2, 0.25) is 0 Å². The van der Waals surface area contributed by atoms with Gasteiger partial charge in [0.05, 0.1) is 0 Å². The maximum Gasteiger partial charge on any atom is 0.319 e. The fraction of sp³-hybridized carbons (Fsp3) is 0.333. The summed E-state index contributed by atoms with van der Waals surface area (Å²) in [6, 6.07) is 8.10. The van der Waals surface area contributed by atoms with Gasteiger partial charge in [0.15, 0.2) is 0 Å². The third-order valence-corrected chi connectivity index (χ3v) is 2.12. The number of hydrogen-bond donors (Lipinski definition) is 3. The molecule has 0 aromatic heterocycles. The van der Waals surface area contributed by atoms with E-state index < -0.39 is 12.1 Å². The van der Waals surface area contributed by atoms with Gasteiger partial charge in [-0.1, -0.05) is 18.2 Å². The van der Waals surface area contributed by atoms with Crippen molar-refractivity contribution >= 4 is 17.6 Å². The Balaban J connectivity index is 2.42. The summed E-state index contributed by atoms with van der Waals surface area (Å²) in [5.41, 5.74) is 0.688. The van der Waals surface area contributed by atoms with Crippen molar-refractivity contribution in [2.45, 2.75) is 19.9 Å². The smallest absolute Gasteiger partial charge is 0.319 e. The molecule has 1 rings (SSSR count). The number of urea groups is 1. The number of amides is 3. The summed E-state index contributed by atoms with van der Waals surface area (Å²) in [5, 5.41) is 7.82. The monoisotopic (exact) mass is 235 g/mol. The summed E-state index contributed by atoms with van der Waals surface area (Å²) in [5.74, 6) is -0.198. The van der Waals surface area contributed by atoms with E-state index in [0.29, 0.717) is 12.2 Å². The van der Waals surface area contributed by atoms with E-state index in [4.69, 9.17) is 0 Å².